The molecule has 3 nitrogen and oxygen atoms in total. The highest BCUT2D eigenvalue weighted by atomic mass is 16.1. The maximum Gasteiger partial charge on any atom is 0.244 e. The van der Waals surface area contributed by atoms with Gasteiger partial charge >= 0.3 is 0 Å². The van der Waals surface area contributed by atoms with Crippen molar-refractivity contribution in [1.29, 1.82) is 0 Å². The highest BCUT2D eigenvalue weighted by Crippen LogP contribution is 2.11. The second-order valence-corrected chi connectivity index (χ2v) is 2.84. The Labute approximate surface area is 67.5 Å². The fourth-order valence-corrected chi connectivity index (χ4v) is 1.35. The minimum Gasteiger partial charge on any atom is -0.317 e. The number of piperidine rings is 1. The van der Waals surface area contributed by atoms with E-state index in [1.807, 2.05) is 6.92 Å². The van der Waals surface area contributed by atoms with E-state index in [0.717, 1.165) is 25.9 Å². The van der Waals surface area contributed by atoms with Gasteiger partial charge in [-0.15, -0.1) is 0 Å². The molecule has 0 spiro atoms. The van der Waals surface area contributed by atoms with Gasteiger partial charge in [0.15, 0.2) is 0 Å². The summed E-state index contributed by atoms with van der Waals surface area (Å²) < 4.78 is 0. The molecular weight excluding hydrogens is 140 g/mol. The molecule has 1 radical (unpaired) electrons. The van der Waals surface area contributed by atoms with E-state index in [-0.39, 0.29) is 11.8 Å². The van der Waals surface area contributed by atoms with Crippen LogP contribution in [0.15, 0.2) is 0 Å². The predicted octanol–water partition coefficient (Wildman–Crippen LogP) is 0.137. The molecule has 11 heavy (non-hydrogen) atoms. The van der Waals surface area contributed by atoms with E-state index in [0.29, 0.717) is 6.54 Å². The minimum absolute atomic E-state index is 0.106. The van der Waals surface area contributed by atoms with Crippen LogP contribution in [0.1, 0.15) is 19.8 Å². The Morgan fingerprint density at radius 3 is 2.73 bits per heavy atom. The zero-order chi connectivity index (χ0) is 8.10. The van der Waals surface area contributed by atoms with E-state index in [1.54, 1.807) is 0 Å². The summed E-state index contributed by atoms with van der Waals surface area (Å²) in [4.78, 5) is 11.2. The molecule has 0 aromatic carbocycles. The summed E-state index contributed by atoms with van der Waals surface area (Å²) in [6.45, 7) is 4.47. The Kier molecular flexibility index (Phi) is 3.36. The molecular formula is C8H15N2O. The van der Waals surface area contributed by atoms with Gasteiger partial charge in [0.05, 0.1) is 0 Å². The van der Waals surface area contributed by atoms with E-state index in [1.165, 1.54) is 0 Å². The Hall–Kier alpha value is -0.570. The van der Waals surface area contributed by atoms with Crippen LogP contribution in [0, 0.1) is 5.92 Å². The Balaban J connectivity index is 2.27. The van der Waals surface area contributed by atoms with Crippen molar-refractivity contribution in [3.63, 3.8) is 0 Å². The van der Waals surface area contributed by atoms with Crippen molar-refractivity contribution in [2.75, 3.05) is 19.6 Å². The lowest BCUT2D eigenvalue weighted by molar-refractivity contribution is -0.125. The van der Waals surface area contributed by atoms with Gasteiger partial charge in [-0.3, -0.25) is 10.1 Å². The number of hydrogen-bond donors (Lipinski definition) is 1. The van der Waals surface area contributed by atoms with E-state index >= 15 is 0 Å². The van der Waals surface area contributed by atoms with Crippen LogP contribution in [0.5, 0.6) is 0 Å². The summed E-state index contributed by atoms with van der Waals surface area (Å²) in [6, 6.07) is 0. The van der Waals surface area contributed by atoms with Gasteiger partial charge in [0.25, 0.3) is 0 Å². The molecule has 0 atom stereocenters. The molecule has 1 aliphatic rings. The van der Waals surface area contributed by atoms with Crippen molar-refractivity contribution in [3.05, 3.63) is 0 Å². The van der Waals surface area contributed by atoms with E-state index in [2.05, 4.69) is 10.6 Å². The Morgan fingerprint density at radius 2 is 2.18 bits per heavy atom. The van der Waals surface area contributed by atoms with Gasteiger partial charge in [-0.1, -0.05) is 0 Å². The summed E-state index contributed by atoms with van der Waals surface area (Å²) in [7, 11) is 0. The van der Waals surface area contributed by atoms with Crippen molar-refractivity contribution in [3.8, 4) is 0 Å². The Morgan fingerprint density at radius 1 is 1.55 bits per heavy atom. The summed E-state index contributed by atoms with van der Waals surface area (Å²) >= 11 is 0. The summed E-state index contributed by atoms with van der Waals surface area (Å²) in [5.74, 6) is 0.310. The fourth-order valence-electron chi connectivity index (χ4n) is 1.35. The highest BCUT2D eigenvalue weighted by Gasteiger charge is 2.20. The third-order valence-electron chi connectivity index (χ3n) is 2.00. The van der Waals surface area contributed by atoms with Crippen LogP contribution in [0.2, 0.25) is 0 Å². The Bertz CT molecular complexity index is 130. The molecule has 1 aliphatic heterocycles. The highest BCUT2D eigenvalue weighted by molar-refractivity contribution is 5.78. The van der Waals surface area contributed by atoms with Gasteiger partial charge in [0.2, 0.25) is 5.91 Å². The zero-order valence-corrected chi connectivity index (χ0v) is 6.97. The number of nitrogens with one attached hydrogen (secondary N) is 1. The predicted molar refractivity (Wildman–Crippen MR) is 43.3 cm³/mol. The first-order chi connectivity index (χ1) is 5.34. The third kappa shape index (κ3) is 2.50. The average molecular weight is 155 g/mol. The number of carbonyl (C=O) groups excluding carboxylic acids is 1. The smallest absolute Gasteiger partial charge is 0.244 e. The van der Waals surface area contributed by atoms with Crippen LogP contribution >= 0.6 is 0 Å². The second-order valence-electron chi connectivity index (χ2n) is 2.84. The molecule has 1 amide bonds. The summed E-state index contributed by atoms with van der Waals surface area (Å²) in [6.07, 6.45) is 1.92. The van der Waals surface area contributed by atoms with Crippen molar-refractivity contribution < 1.29 is 4.79 Å². The molecule has 1 N–H and O–H groups in total. The number of rotatable bonds is 2. The molecule has 63 valence electrons. The molecule has 0 aliphatic carbocycles. The number of amides is 1. The first-order valence-corrected chi connectivity index (χ1v) is 4.26. The van der Waals surface area contributed by atoms with Crippen molar-refractivity contribution in [1.82, 2.24) is 10.6 Å². The molecule has 3 heteroatoms. The molecule has 0 aromatic rings. The molecule has 1 saturated heterocycles. The molecule has 0 bridgehead atoms. The van der Waals surface area contributed by atoms with Crippen molar-refractivity contribution in [2.24, 2.45) is 5.92 Å². The third-order valence-corrected chi connectivity index (χ3v) is 2.00. The van der Waals surface area contributed by atoms with Gasteiger partial charge in [0, 0.05) is 12.5 Å². The van der Waals surface area contributed by atoms with Crippen LogP contribution in [-0.2, 0) is 4.79 Å². The van der Waals surface area contributed by atoms with E-state index in [9.17, 15) is 4.79 Å². The average Bonchev–Trinajstić information content (AvgIpc) is 2.07. The standard InChI is InChI=1S/C8H15N2O/c1-2-10-8(11)7-3-5-9-6-4-7/h7,9H,2-6H2,1H3. The van der Waals surface area contributed by atoms with Crippen LogP contribution in [-0.4, -0.2) is 25.5 Å². The van der Waals surface area contributed by atoms with Gasteiger partial charge in [-0.2, -0.15) is 0 Å². The van der Waals surface area contributed by atoms with Crippen LogP contribution < -0.4 is 10.6 Å². The first kappa shape index (κ1) is 8.53. The van der Waals surface area contributed by atoms with Crippen molar-refractivity contribution >= 4 is 5.91 Å². The summed E-state index contributed by atoms with van der Waals surface area (Å²) in [5.41, 5.74) is 0. The van der Waals surface area contributed by atoms with Gasteiger partial charge in [-0.05, 0) is 32.9 Å². The quantitative estimate of drug-likeness (QED) is 0.616. The monoisotopic (exact) mass is 155 g/mol. The molecule has 0 saturated carbocycles. The van der Waals surface area contributed by atoms with E-state index < -0.39 is 0 Å². The maximum atomic E-state index is 11.2. The van der Waals surface area contributed by atoms with Gasteiger partial charge in [-0.25, -0.2) is 0 Å². The largest absolute Gasteiger partial charge is 0.317 e. The molecule has 0 aromatic heterocycles. The molecule has 0 unspecified atom stereocenters. The molecule has 1 heterocycles. The lowest BCUT2D eigenvalue weighted by Gasteiger charge is -2.20. The molecule has 1 rings (SSSR count). The van der Waals surface area contributed by atoms with Crippen LogP contribution in [0.3, 0.4) is 0 Å². The number of hydrogen-bond acceptors (Lipinski definition) is 2. The lowest BCUT2D eigenvalue weighted by atomic mass is 9.97. The van der Waals surface area contributed by atoms with E-state index in [4.69, 9.17) is 0 Å². The van der Waals surface area contributed by atoms with Crippen LogP contribution in [0.25, 0.3) is 0 Å². The summed E-state index contributed by atoms with van der Waals surface area (Å²) in [5, 5.41) is 7.10. The minimum atomic E-state index is 0.106. The van der Waals surface area contributed by atoms with Gasteiger partial charge in [0.1, 0.15) is 0 Å². The molecule has 1 fully saturated rings. The first-order valence-electron chi connectivity index (χ1n) is 4.26. The second kappa shape index (κ2) is 4.34. The maximum absolute atomic E-state index is 11.2. The number of nitrogens with zero attached hydrogens (tertiary/aromatic N) is 1. The van der Waals surface area contributed by atoms with Crippen LogP contribution in [0.4, 0.5) is 0 Å². The van der Waals surface area contributed by atoms with Crippen molar-refractivity contribution in [2.45, 2.75) is 19.8 Å². The van der Waals surface area contributed by atoms with Gasteiger partial charge < -0.3 is 5.32 Å². The fraction of sp³-hybridized carbons (Fsp3) is 0.875. The topological polar surface area (TPSA) is 43.2 Å². The zero-order valence-electron chi connectivity index (χ0n) is 6.97. The lowest BCUT2D eigenvalue weighted by Crippen LogP contribution is -2.35. The SMILES string of the molecule is CC[N]C(=O)C1CCNCC1. The number of carbonyl (C=O) groups is 1. The normalized spacial score (nSPS) is 19.7.